The van der Waals surface area contributed by atoms with Gasteiger partial charge in [-0.2, -0.15) is 0 Å². The summed E-state index contributed by atoms with van der Waals surface area (Å²) < 4.78 is 37.4. The molecule has 0 nitrogen and oxygen atoms in total. The lowest BCUT2D eigenvalue weighted by atomic mass is 10.1. The second kappa shape index (κ2) is 3.05. The van der Waals surface area contributed by atoms with Crippen molar-refractivity contribution in [3.05, 3.63) is 35.6 Å². The second-order valence-corrected chi connectivity index (χ2v) is 3.36. The molecule has 0 amide bonds. The second-order valence-electron chi connectivity index (χ2n) is 3.36. The average molecular weight is 186 g/mol. The van der Waals surface area contributed by atoms with Gasteiger partial charge in [-0.3, -0.25) is 0 Å². The molecule has 2 rings (SSSR count). The van der Waals surface area contributed by atoms with Crippen molar-refractivity contribution in [3.63, 3.8) is 0 Å². The molecule has 1 aliphatic carbocycles. The predicted molar refractivity (Wildman–Crippen MR) is 43.3 cm³/mol. The number of hydrogen-bond acceptors (Lipinski definition) is 0. The lowest BCUT2D eigenvalue weighted by Gasteiger charge is -2.00. The third-order valence-electron chi connectivity index (χ3n) is 2.47. The van der Waals surface area contributed by atoms with Crippen molar-refractivity contribution in [2.75, 3.05) is 0 Å². The van der Waals surface area contributed by atoms with Gasteiger partial charge in [0.15, 0.2) is 0 Å². The number of alkyl halides is 2. The molecule has 70 valence electrons. The van der Waals surface area contributed by atoms with Gasteiger partial charge < -0.3 is 0 Å². The van der Waals surface area contributed by atoms with Gasteiger partial charge in [0.1, 0.15) is 5.82 Å². The van der Waals surface area contributed by atoms with Gasteiger partial charge in [-0.1, -0.05) is 18.2 Å². The van der Waals surface area contributed by atoms with Gasteiger partial charge in [0.2, 0.25) is 6.43 Å². The SMILES string of the molecule is Fc1ccccc1C1CC1C(F)F. The summed E-state index contributed by atoms with van der Waals surface area (Å²) in [5, 5.41) is 0. The molecule has 2 atom stereocenters. The van der Waals surface area contributed by atoms with Crippen molar-refractivity contribution in [2.24, 2.45) is 5.92 Å². The minimum absolute atomic E-state index is 0.263. The molecule has 3 heteroatoms. The van der Waals surface area contributed by atoms with Crippen LogP contribution in [0.1, 0.15) is 17.9 Å². The van der Waals surface area contributed by atoms with Crippen LogP contribution in [0.2, 0.25) is 0 Å². The van der Waals surface area contributed by atoms with Crippen LogP contribution in [0.3, 0.4) is 0 Å². The van der Waals surface area contributed by atoms with Crippen molar-refractivity contribution >= 4 is 0 Å². The van der Waals surface area contributed by atoms with Crippen LogP contribution in [-0.4, -0.2) is 6.43 Å². The van der Waals surface area contributed by atoms with Gasteiger partial charge >= 0.3 is 0 Å². The van der Waals surface area contributed by atoms with E-state index in [4.69, 9.17) is 0 Å². The van der Waals surface area contributed by atoms with Crippen LogP contribution in [0, 0.1) is 11.7 Å². The molecule has 13 heavy (non-hydrogen) atoms. The van der Waals surface area contributed by atoms with Gasteiger partial charge in [-0.05, 0) is 24.0 Å². The number of rotatable bonds is 2. The molecular weight excluding hydrogens is 177 g/mol. The molecule has 1 aliphatic rings. The van der Waals surface area contributed by atoms with E-state index < -0.39 is 12.3 Å². The Kier molecular flexibility index (Phi) is 2.02. The summed E-state index contributed by atoms with van der Waals surface area (Å²) in [6.45, 7) is 0. The van der Waals surface area contributed by atoms with Crippen molar-refractivity contribution in [3.8, 4) is 0 Å². The monoisotopic (exact) mass is 186 g/mol. The summed E-state index contributed by atoms with van der Waals surface area (Å²) in [5.41, 5.74) is 0.438. The average Bonchev–Trinajstić information content (AvgIpc) is 2.84. The lowest BCUT2D eigenvalue weighted by molar-refractivity contribution is 0.120. The van der Waals surface area contributed by atoms with E-state index in [0.29, 0.717) is 12.0 Å². The van der Waals surface area contributed by atoms with E-state index >= 15 is 0 Å². The van der Waals surface area contributed by atoms with Crippen LogP contribution in [0.4, 0.5) is 13.2 Å². The van der Waals surface area contributed by atoms with Crippen molar-refractivity contribution < 1.29 is 13.2 Å². The molecule has 1 saturated carbocycles. The molecule has 0 heterocycles. The van der Waals surface area contributed by atoms with Crippen LogP contribution >= 0.6 is 0 Å². The molecule has 0 saturated heterocycles. The van der Waals surface area contributed by atoms with E-state index in [1.807, 2.05) is 0 Å². The Bertz CT molecular complexity index is 309. The van der Waals surface area contributed by atoms with Crippen LogP contribution in [0.25, 0.3) is 0 Å². The van der Waals surface area contributed by atoms with E-state index in [2.05, 4.69) is 0 Å². The summed E-state index contributed by atoms with van der Waals surface area (Å²) in [6, 6.07) is 6.15. The van der Waals surface area contributed by atoms with Crippen LogP contribution < -0.4 is 0 Å². The summed E-state index contributed by atoms with van der Waals surface area (Å²) in [5.74, 6) is -1.26. The summed E-state index contributed by atoms with van der Waals surface area (Å²) in [4.78, 5) is 0. The Hall–Kier alpha value is -0.990. The molecule has 0 spiro atoms. The summed E-state index contributed by atoms with van der Waals surface area (Å²) >= 11 is 0. The molecule has 1 aromatic carbocycles. The first-order valence-electron chi connectivity index (χ1n) is 4.22. The molecule has 0 aliphatic heterocycles. The smallest absolute Gasteiger partial charge is 0.210 e. The maximum atomic E-state index is 13.1. The van der Waals surface area contributed by atoms with Crippen LogP contribution in [-0.2, 0) is 0 Å². The summed E-state index contributed by atoms with van der Waals surface area (Å²) in [6.07, 6.45) is -1.90. The Balaban J connectivity index is 2.16. The highest BCUT2D eigenvalue weighted by Crippen LogP contribution is 2.51. The highest BCUT2D eigenvalue weighted by molar-refractivity contribution is 5.27. The number of hydrogen-bond donors (Lipinski definition) is 0. The van der Waals surface area contributed by atoms with Gasteiger partial charge in [0, 0.05) is 5.92 Å². The molecular formula is C10H9F3. The van der Waals surface area contributed by atoms with Crippen LogP contribution in [0.5, 0.6) is 0 Å². The normalized spacial score (nSPS) is 26.5. The summed E-state index contributed by atoms with van der Waals surface area (Å²) in [7, 11) is 0. The topological polar surface area (TPSA) is 0 Å². The zero-order chi connectivity index (χ0) is 9.42. The predicted octanol–water partition coefficient (Wildman–Crippen LogP) is 3.19. The number of benzene rings is 1. The quantitative estimate of drug-likeness (QED) is 0.665. The maximum absolute atomic E-state index is 13.1. The third kappa shape index (κ3) is 1.55. The third-order valence-corrected chi connectivity index (χ3v) is 2.47. The van der Waals surface area contributed by atoms with Crippen LogP contribution in [0.15, 0.2) is 24.3 Å². The zero-order valence-electron chi connectivity index (χ0n) is 6.88. The Morgan fingerprint density at radius 2 is 1.92 bits per heavy atom. The number of halogens is 3. The fourth-order valence-electron chi connectivity index (χ4n) is 1.63. The molecule has 2 unspecified atom stereocenters. The molecule has 0 bridgehead atoms. The van der Waals surface area contributed by atoms with Gasteiger partial charge in [-0.25, -0.2) is 13.2 Å². The first-order valence-corrected chi connectivity index (χ1v) is 4.22. The first kappa shape index (κ1) is 8.60. The highest BCUT2D eigenvalue weighted by Gasteiger charge is 2.45. The highest BCUT2D eigenvalue weighted by atomic mass is 19.3. The molecule has 0 radical (unpaired) electrons. The van der Waals surface area contributed by atoms with Crippen molar-refractivity contribution in [1.82, 2.24) is 0 Å². The minimum Gasteiger partial charge on any atom is -0.210 e. The van der Waals surface area contributed by atoms with E-state index in [9.17, 15) is 13.2 Å². The maximum Gasteiger partial charge on any atom is 0.242 e. The van der Waals surface area contributed by atoms with E-state index in [-0.39, 0.29) is 11.7 Å². The van der Waals surface area contributed by atoms with Gasteiger partial charge in [0.25, 0.3) is 0 Å². The van der Waals surface area contributed by atoms with Gasteiger partial charge in [0.05, 0.1) is 0 Å². The fourth-order valence-corrected chi connectivity index (χ4v) is 1.63. The molecule has 0 aromatic heterocycles. The Morgan fingerprint density at radius 3 is 2.46 bits per heavy atom. The standard InChI is InChI=1S/C10H9F3/c11-9-4-2-1-3-6(9)7-5-8(7)10(12)13/h1-4,7-8,10H,5H2. The van der Waals surface area contributed by atoms with E-state index in [0.717, 1.165) is 0 Å². The van der Waals surface area contributed by atoms with Crippen molar-refractivity contribution in [1.29, 1.82) is 0 Å². The zero-order valence-corrected chi connectivity index (χ0v) is 6.88. The minimum atomic E-state index is -2.32. The van der Waals surface area contributed by atoms with Crippen molar-refractivity contribution in [2.45, 2.75) is 18.8 Å². The van der Waals surface area contributed by atoms with E-state index in [1.165, 1.54) is 6.07 Å². The lowest BCUT2D eigenvalue weighted by Crippen LogP contribution is -1.96. The largest absolute Gasteiger partial charge is 0.242 e. The van der Waals surface area contributed by atoms with E-state index in [1.54, 1.807) is 18.2 Å². The molecule has 0 N–H and O–H groups in total. The molecule has 1 aromatic rings. The van der Waals surface area contributed by atoms with Gasteiger partial charge in [-0.15, -0.1) is 0 Å². The Labute approximate surface area is 74.4 Å². The fraction of sp³-hybridized carbons (Fsp3) is 0.400. The Morgan fingerprint density at radius 1 is 1.23 bits per heavy atom. The first-order chi connectivity index (χ1) is 6.20. The molecule has 1 fully saturated rings.